The van der Waals surface area contributed by atoms with Gasteiger partial charge in [0.05, 0.1) is 18.4 Å². The monoisotopic (exact) mass is 515 g/mol. The topological polar surface area (TPSA) is 87.7 Å². The third kappa shape index (κ3) is 4.95. The zero-order valence-corrected chi connectivity index (χ0v) is 20.7. The molecule has 0 radical (unpaired) electrons. The minimum absolute atomic E-state index is 0.000778. The number of hydrogen-bond acceptors (Lipinski definition) is 6. The number of nitrogens with zero attached hydrogens (tertiary/aromatic N) is 3. The number of thiazole rings is 1. The van der Waals surface area contributed by atoms with Gasteiger partial charge in [-0.05, 0) is 36.6 Å². The Morgan fingerprint density at radius 2 is 2.00 bits per heavy atom. The molecule has 1 atom stereocenters. The van der Waals surface area contributed by atoms with Gasteiger partial charge in [-0.2, -0.15) is 0 Å². The van der Waals surface area contributed by atoms with Crippen molar-refractivity contribution in [1.29, 1.82) is 0 Å². The van der Waals surface area contributed by atoms with E-state index in [0.29, 0.717) is 46.8 Å². The van der Waals surface area contributed by atoms with Crippen LogP contribution in [0.1, 0.15) is 29.8 Å². The predicted octanol–water partition coefficient (Wildman–Crippen LogP) is 3.33. The molecule has 11 heteroatoms. The van der Waals surface area contributed by atoms with Gasteiger partial charge in [-0.3, -0.25) is 9.59 Å². The van der Waals surface area contributed by atoms with Gasteiger partial charge in [0.15, 0.2) is 0 Å². The minimum Gasteiger partial charge on any atom is -0.342 e. The van der Waals surface area contributed by atoms with E-state index in [1.807, 2.05) is 12.1 Å². The maximum absolute atomic E-state index is 13.1. The molecule has 172 valence electrons. The highest BCUT2D eigenvalue weighted by molar-refractivity contribution is 7.90. The molecule has 3 heterocycles. The highest BCUT2D eigenvalue weighted by Crippen LogP contribution is 2.47. The summed E-state index contributed by atoms with van der Waals surface area (Å²) < 4.78 is 23.2. The zero-order valence-electron chi connectivity index (χ0n) is 17.5. The molecular weight excluding hydrogens is 493 g/mol. The highest BCUT2D eigenvalue weighted by atomic mass is 35.5. The zero-order chi connectivity index (χ0) is 23.1. The van der Waals surface area contributed by atoms with Gasteiger partial charge in [0.2, 0.25) is 11.8 Å². The first-order chi connectivity index (χ1) is 15.1. The van der Waals surface area contributed by atoms with Gasteiger partial charge in [0.1, 0.15) is 19.2 Å². The van der Waals surface area contributed by atoms with Crippen LogP contribution in [0, 0.1) is 0 Å². The van der Waals surface area contributed by atoms with Crippen LogP contribution in [0.3, 0.4) is 0 Å². The first-order valence-corrected chi connectivity index (χ1v) is 13.9. The van der Waals surface area contributed by atoms with Gasteiger partial charge in [0, 0.05) is 48.4 Å². The second kappa shape index (κ2) is 8.93. The molecule has 32 heavy (non-hydrogen) atoms. The third-order valence-corrected chi connectivity index (χ3v) is 8.40. The molecular formula is C21H23Cl2N3O4S2. The lowest BCUT2D eigenvalue weighted by Gasteiger charge is -2.26. The molecule has 2 aromatic rings. The van der Waals surface area contributed by atoms with Crippen molar-refractivity contribution in [2.24, 2.45) is 0 Å². The summed E-state index contributed by atoms with van der Waals surface area (Å²) in [5.74, 6) is -0.134. The molecule has 0 saturated carbocycles. The van der Waals surface area contributed by atoms with Crippen molar-refractivity contribution in [2.75, 3.05) is 36.5 Å². The number of fused-ring (bicyclic) bond motifs is 2. The molecule has 2 aliphatic heterocycles. The molecule has 1 spiro atoms. The van der Waals surface area contributed by atoms with Crippen molar-refractivity contribution >= 4 is 61.9 Å². The summed E-state index contributed by atoms with van der Waals surface area (Å²) in [5, 5.41) is 1.24. The van der Waals surface area contributed by atoms with Crippen molar-refractivity contribution in [3.05, 3.63) is 44.3 Å². The number of carbonyl (C=O) groups excluding carboxylic acids is 2. The largest absolute Gasteiger partial charge is 0.342 e. The number of halogens is 2. The van der Waals surface area contributed by atoms with Crippen LogP contribution >= 0.6 is 34.5 Å². The summed E-state index contributed by atoms with van der Waals surface area (Å²) in [5.41, 5.74) is 1.40. The van der Waals surface area contributed by atoms with Crippen LogP contribution in [0.5, 0.6) is 0 Å². The number of sulfone groups is 1. The second-order valence-corrected chi connectivity index (χ2v) is 12.9. The Kier molecular flexibility index (Phi) is 6.55. The van der Waals surface area contributed by atoms with Gasteiger partial charge in [-0.1, -0.05) is 23.2 Å². The average Bonchev–Trinajstić information content (AvgIpc) is 3.40. The molecule has 2 aliphatic rings. The van der Waals surface area contributed by atoms with Gasteiger partial charge < -0.3 is 9.80 Å². The van der Waals surface area contributed by atoms with Crippen molar-refractivity contribution in [2.45, 2.75) is 31.1 Å². The van der Waals surface area contributed by atoms with E-state index in [4.69, 9.17) is 23.2 Å². The summed E-state index contributed by atoms with van der Waals surface area (Å²) in [7, 11) is -3.09. The number of aromatic nitrogens is 1. The number of anilines is 1. The van der Waals surface area contributed by atoms with Crippen molar-refractivity contribution < 1.29 is 18.0 Å². The van der Waals surface area contributed by atoms with E-state index in [-0.39, 0.29) is 35.8 Å². The lowest BCUT2D eigenvalue weighted by Crippen LogP contribution is -2.40. The summed E-state index contributed by atoms with van der Waals surface area (Å²) in [6.45, 7) is 1.51. The van der Waals surface area contributed by atoms with Crippen molar-refractivity contribution in [3.63, 3.8) is 0 Å². The van der Waals surface area contributed by atoms with Crippen LogP contribution in [0.15, 0.2) is 24.4 Å². The molecule has 0 bridgehead atoms. The second-order valence-electron chi connectivity index (χ2n) is 8.46. The van der Waals surface area contributed by atoms with E-state index in [1.165, 1.54) is 23.8 Å². The SMILES string of the molecule is CS(=O)(=O)CCCC(=O)N1CCC2(C1)CN(C(=O)Cc1ncc(Cl)s1)c1ccc(Cl)cc12. The van der Waals surface area contributed by atoms with Gasteiger partial charge >= 0.3 is 0 Å². The molecule has 1 saturated heterocycles. The lowest BCUT2D eigenvalue weighted by molar-refractivity contribution is -0.130. The molecule has 1 fully saturated rings. The Hall–Kier alpha value is -1.68. The Balaban J connectivity index is 1.51. The summed E-state index contributed by atoms with van der Waals surface area (Å²) >= 11 is 13.5. The van der Waals surface area contributed by atoms with Crippen molar-refractivity contribution in [3.8, 4) is 0 Å². The highest BCUT2D eigenvalue weighted by Gasteiger charge is 2.49. The van der Waals surface area contributed by atoms with Gasteiger partial charge in [-0.15, -0.1) is 11.3 Å². The van der Waals surface area contributed by atoms with E-state index in [2.05, 4.69) is 4.98 Å². The summed E-state index contributed by atoms with van der Waals surface area (Å²) in [6.07, 6.45) is 4.09. The van der Waals surface area contributed by atoms with Crippen LogP contribution in [-0.2, 0) is 31.3 Å². The fourth-order valence-electron chi connectivity index (χ4n) is 4.54. The Bertz CT molecular complexity index is 1170. The van der Waals surface area contributed by atoms with E-state index >= 15 is 0 Å². The third-order valence-electron chi connectivity index (χ3n) is 6.02. The van der Waals surface area contributed by atoms with Crippen molar-refractivity contribution in [1.82, 2.24) is 9.88 Å². The summed E-state index contributed by atoms with van der Waals surface area (Å²) in [6, 6.07) is 5.51. The van der Waals surface area contributed by atoms with Crippen LogP contribution in [0.4, 0.5) is 5.69 Å². The van der Waals surface area contributed by atoms with Crippen LogP contribution in [0.2, 0.25) is 9.36 Å². The van der Waals surface area contributed by atoms with E-state index < -0.39 is 9.84 Å². The van der Waals surface area contributed by atoms with E-state index in [0.717, 1.165) is 11.3 Å². The number of likely N-dealkylation sites (tertiary alicyclic amines) is 1. The quantitative estimate of drug-likeness (QED) is 0.588. The molecule has 0 N–H and O–H groups in total. The molecule has 1 unspecified atom stereocenters. The predicted molar refractivity (Wildman–Crippen MR) is 126 cm³/mol. The smallest absolute Gasteiger partial charge is 0.233 e. The Labute approximate surface area is 201 Å². The molecule has 1 aromatic carbocycles. The van der Waals surface area contributed by atoms with Crippen LogP contribution in [-0.4, -0.2) is 61.8 Å². The number of rotatable bonds is 6. The van der Waals surface area contributed by atoms with E-state index in [9.17, 15) is 18.0 Å². The lowest BCUT2D eigenvalue weighted by atomic mass is 9.81. The number of carbonyl (C=O) groups is 2. The molecule has 2 amide bonds. The molecule has 7 nitrogen and oxygen atoms in total. The molecule has 0 aliphatic carbocycles. The Morgan fingerprint density at radius 3 is 2.69 bits per heavy atom. The van der Waals surface area contributed by atoms with Gasteiger partial charge in [0.25, 0.3) is 0 Å². The number of amides is 2. The first-order valence-electron chi connectivity index (χ1n) is 10.2. The fraction of sp³-hybridized carbons (Fsp3) is 0.476. The van der Waals surface area contributed by atoms with Crippen LogP contribution < -0.4 is 4.90 Å². The summed E-state index contributed by atoms with van der Waals surface area (Å²) in [4.78, 5) is 33.6. The van der Waals surface area contributed by atoms with Crippen LogP contribution in [0.25, 0.3) is 0 Å². The fourth-order valence-corrected chi connectivity index (χ4v) is 6.32. The standard InChI is InChI=1S/C21H23Cl2N3O4S2/c1-32(29,30)8-2-3-19(27)25-7-6-21(12-25)13-26(16-5-4-14(22)9-15(16)21)20(28)10-18-24-11-17(23)31-18/h4-5,9,11H,2-3,6-8,10,12-13H2,1H3. The minimum atomic E-state index is -3.09. The molecule has 4 rings (SSSR count). The maximum atomic E-state index is 13.1. The van der Waals surface area contributed by atoms with E-state index in [1.54, 1.807) is 15.9 Å². The molecule has 1 aromatic heterocycles. The Morgan fingerprint density at radius 1 is 1.22 bits per heavy atom. The normalized spacial score (nSPS) is 20.2. The maximum Gasteiger partial charge on any atom is 0.233 e. The number of benzene rings is 1. The first kappa shape index (κ1) is 23.5. The number of hydrogen-bond donors (Lipinski definition) is 0. The average molecular weight is 516 g/mol. The van der Waals surface area contributed by atoms with Gasteiger partial charge in [-0.25, -0.2) is 13.4 Å².